The van der Waals surface area contributed by atoms with Crippen LogP contribution in [-0.4, -0.2) is 27.5 Å². The topological polar surface area (TPSA) is 105 Å². The molecule has 0 saturated carbocycles. The summed E-state index contributed by atoms with van der Waals surface area (Å²) < 4.78 is 0. The summed E-state index contributed by atoms with van der Waals surface area (Å²) in [4.78, 5) is 24.4. The summed E-state index contributed by atoms with van der Waals surface area (Å²) in [5.74, 6) is -0.148. The number of hydrogen-bond donors (Lipinski definition) is 2. The molecule has 0 amide bonds. The molecule has 1 aromatic heterocycles. The van der Waals surface area contributed by atoms with Crippen molar-refractivity contribution in [1.29, 1.82) is 0 Å². The van der Waals surface area contributed by atoms with Crippen molar-refractivity contribution in [3.8, 4) is 0 Å². The number of nitro groups is 1. The van der Waals surface area contributed by atoms with E-state index in [0.29, 0.717) is 18.8 Å². The molecule has 0 spiro atoms. The molecule has 0 saturated heterocycles. The average Bonchev–Trinajstić information content (AvgIpc) is 2.34. The van der Waals surface area contributed by atoms with Crippen molar-refractivity contribution in [3.05, 3.63) is 27.9 Å². The molecule has 0 aliphatic rings. The van der Waals surface area contributed by atoms with Crippen molar-refractivity contribution >= 4 is 17.5 Å². The number of hydrogen-bond acceptors (Lipinski definition) is 5. The third-order valence-electron chi connectivity index (χ3n) is 2.63. The number of carbonyl (C=O) groups is 1. The number of aromatic nitrogens is 1. The second-order valence-corrected chi connectivity index (χ2v) is 4.25. The second-order valence-electron chi connectivity index (χ2n) is 4.25. The van der Waals surface area contributed by atoms with E-state index in [9.17, 15) is 14.9 Å². The minimum absolute atomic E-state index is 0.0236. The highest BCUT2D eigenvalue weighted by atomic mass is 16.6. The molecule has 0 atom stereocenters. The van der Waals surface area contributed by atoms with Crippen LogP contribution in [-0.2, 0) is 4.79 Å². The van der Waals surface area contributed by atoms with Crippen molar-refractivity contribution < 1.29 is 14.8 Å². The highest BCUT2D eigenvalue weighted by Crippen LogP contribution is 2.17. The Morgan fingerprint density at radius 1 is 1.47 bits per heavy atom. The zero-order chi connectivity index (χ0) is 14.3. The fourth-order valence-electron chi connectivity index (χ4n) is 1.63. The van der Waals surface area contributed by atoms with Gasteiger partial charge in [-0.15, -0.1) is 0 Å². The molecule has 2 N–H and O–H groups in total. The van der Waals surface area contributed by atoms with Crippen LogP contribution in [0.1, 0.15) is 31.2 Å². The number of nitrogens with zero attached hydrogens (tertiary/aromatic N) is 2. The van der Waals surface area contributed by atoms with Gasteiger partial charge in [-0.25, -0.2) is 4.98 Å². The predicted molar refractivity (Wildman–Crippen MR) is 70.2 cm³/mol. The lowest BCUT2D eigenvalue weighted by Gasteiger charge is -2.07. The number of carboxylic acid groups (broad SMARTS) is 1. The van der Waals surface area contributed by atoms with Gasteiger partial charge in [-0.1, -0.05) is 6.42 Å². The van der Waals surface area contributed by atoms with Crippen LogP contribution in [0.15, 0.2) is 12.3 Å². The van der Waals surface area contributed by atoms with Gasteiger partial charge in [0.05, 0.1) is 4.92 Å². The summed E-state index contributed by atoms with van der Waals surface area (Å²) in [7, 11) is 0. The maximum absolute atomic E-state index is 10.5. The SMILES string of the molecule is Cc1cc([N+](=O)[O-])cnc1NCCCCCC(=O)O. The lowest BCUT2D eigenvalue weighted by atomic mass is 10.2. The molecule has 0 fully saturated rings. The molecule has 7 heteroatoms. The van der Waals surface area contributed by atoms with Crippen LogP contribution in [0, 0.1) is 17.0 Å². The number of anilines is 1. The average molecular weight is 267 g/mol. The molecule has 19 heavy (non-hydrogen) atoms. The van der Waals surface area contributed by atoms with Gasteiger partial charge < -0.3 is 10.4 Å². The number of pyridine rings is 1. The number of rotatable bonds is 8. The van der Waals surface area contributed by atoms with E-state index >= 15 is 0 Å². The Bertz CT molecular complexity index is 462. The number of unbranched alkanes of at least 4 members (excludes halogenated alkanes) is 2. The van der Waals surface area contributed by atoms with Crippen LogP contribution >= 0.6 is 0 Å². The zero-order valence-electron chi connectivity index (χ0n) is 10.8. The van der Waals surface area contributed by atoms with Gasteiger partial charge in [0.25, 0.3) is 5.69 Å². The lowest BCUT2D eigenvalue weighted by molar-refractivity contribution is -0.385. The Labute approximate surface area is 110 Å². The van der Waals surface area contributed by atoms with Gasteiger partial charge >= 0.3 is 5.97 Å². The Balaban J connectivity index is 2.33. The lowest BCUT2D eigenvalue weighted by Crippen LogP contribution is -2.06. The Morgan fingerprint density at radius 3 is 2.79 bits per heavy atom. The van der Waals surface area contributed by atoms with Crippen LogP contribution in [0.25, 0.3) is 0 Å². The summed E-state index contributed by atoms with van der Waals surface area (Å²) in [6, 6.07) is 1.47. The fourth-order valence-corrected chi connectivity index (χ4v) is 1.63. The minimum Gasteiger partial charge on any atom is -0.481 e. The third kappa shape index (κ3) is 5.33. The molecule has 1 heterocycles. The number of aliphatic carboxylic acids is 1. The van der Waals surface area contributed by atoms with E-state index < -0.39 is 10.9 Å². The maximum atomic E-state index is 10.5. The predicted octanol–water partition coefficient (Wildman–Crippen LogP) is 2.36. The molecule has 7 nitrogen and oxygen atoms in total. The third-order valence-corrected chi connectivity index (χ3v) is 2.63. The summed E-state index contributed by atoms with van der Waals surface area (Å²) in [6.45, 7) is 2.43. The van der Waals surface area contributed by atoms with Crippen molar-refractivity contribution in [2.45, 2.75) is 32.6 Å². The van der Waals surface area contributed by atoms with Crippen LogP contribution in [0.5, 0.6) is 0 Å². The fraction of sp³-hybridized carbons (Fsp3) is 0.500. The molecule has 0 aromatic carbocycles. The summed E-state index contributed by atoms with van der Waals surface area (Å²) in [5.41, 5.74) is 0.698. The molecule has 0 radical (unpaired) electrons. The van der Waals surface area contributed by atoms with E-state index in [1.54, 1.807) is 6.92 Å². The highest BCUT2D eigenvalue weighted by molar-refractivity contribution is 5.66. The minimum atomic E-state index is -0.777. The summed E-state index contributed by atoms with van der Waals surface area (Å²) in [6.07, 6.45) is 3.73. The van der Waals surface area contributed by atoms with Gasteiger partial charge in [0.1, 0.15) is 12.0 Å². The normalized spacial score (nSPS) is 10.2. The van der Waals surface area contributed by atoms with Gasteiger partial charge in [0.2, 0.25) is 0 Å². The Kier molecular flexibility index (Phi) is 5.72. The van der Waals surface area contributed by atoms with Gasteiger partial charge in [0, 0.05) is 19.0 Å². The highest BCUT2D eigenvalue weighted by Gasteiger charge is 2.08. The van der Waals surface area contributed by atoms with Gasteiger partial charge in [-0.2, -0.15) is 0 Å². The first kappa shape index (κ1) is 14.9. The number of aryl methyl sites for hydroxylation is 1. The maximum Gasteiger partial charge on any atom is 0.303 e. The molecule has 0 aliphatic carbocycles. The second kappa shape index (κ2) is 7.30. The smallest absolute Gasteiger partial charge is 0.303 e. The van der Waals surface area contributed by atoms with E-state index in [-0.39, 0.29) is 12.1 Å². The number of nitrogens with one attached hydrogen (secondary N) is 1. The van der Waals surface area contributed by atoms with Crippen molar-refractivity contribution in [3.63, 3.8) is 0 Å². The zero-order valence-corrected chi connectivity index (χ0v) is 10.8. The quantitative estimate of drug-likeness (QED) is 0.425. The molecule has 0 unspecified atom stereocenters. The molecular formula is C12H17N3O4. The first-order valence-electron chi connectivity index (χ1n) is 6.07. The van der Waals surface area contributed by atoms with E-state index in [2.05, 4.69) is 10.3 Å². The van der Waals surface area contributed by atoms with E-state index in [1.165, 1.54) is 12.3 Å². The van der Waals surface area contributed by atoms with E-state index in [1.807, 2.05) is 0 Å². The summed E-state index contributed by atoms with van der Waals surface area (Å²) >= 11 is 0. The van der Waals surface area contributed by atoms with E-state index in [4.69, 9.17) is 5.11 Å². The molecule has 0 bridgehead atoms. The first-order chi connectivity index (χ1) is 9.00. The van der Waals surface area contributed by atoms with Crippen molar-refractivity contribution in [2.75, 3.05) is 11.9 Å². The van der Waals surface area contributed by atoms with Gasteiger partial charge in [0.15, 0.2) is 0 Å². The Morgan fingerprint density at radius 2 is 2.21 bits per heavy atom. The number of carboxylic acids is 1. The van der Waals surface area contributed by atoms with Crippen molar-refractivity contribution in [2.24, 2.45) is 0 Å². The molecule has 1 aromatic rings. The van der Waals surface area contributed by atoms with E-state index in [0.717, 1.165) is 18.4 Å². The molecule has 0 aliphatic heterocycles. The summed E-state index contributed by atoms with van der Waals surface area (Å²) in [5, 5.41) is 22.1. The standard InChI is InChI=1S/C12H17N3O4/c1-9-7-10(15(18)19)8-14-12(9)13-6-4-2-3-5-11(16)17/h7-8H,2-6H2,1H3,(H,13,14)(H,16,17). The van der Waals surface area contributed by atoms with Crippen LogP contribution in [0.4, 0.5) is 11.5 Å². The largest absolute Gasteiger partial charge is 0.481 e. The van der Waals surface area contributed by atoms with Crippen molar-refractivity contribution in [1.82, 2.24) is 4.98 Å². The van der Waals surface area contributed by atoms with Crippen LogP contribution in [0.2, 0.25) is 0 Å². The molecule has 1 rings (SSSR count). The monoisotopic (exact) mass is 267 g/mol. The molecular weight excluding hydrogens is 250 g/mol. The van der Waals surface area contributed by atoms with Crippen LogP contribution in [0.3, 0.4) is 0 Å². The van der Waals surface area contributed by atoms with Gasteiger partial charge in [-0.05, 0) is 25.3 Å². The first-order valence-corrected chi connectivity index (χ1v) is 6.07. The Hall–Kier alpha value is -2.18. The molecule has 104 valence electrons. The van der Waals surface area contributed by atoms with Crippen LogP contribution < -0.4 is 5.32 Å². The van der Waals surface area contributed by atoms with Gasteiger partial charge in [-0.3, -0.25) is 14.9 Å².